The van der Waals surface area contributed by atoms with Crippen LogP contribution in [0.5, 0.6) is 0 Å². The van der Waals surface area contributed by atoms with Crippen LogP contribution >= 0.6 is 35.1 Å². The van der Waals surface area contributed by atoms with Crippen molar-refractivity contribution in [1.82, 2.24) is 9.80 Å². The van der Waals surface area contributed by atoms with E-state index in [-0.39, 0.29) is 18.6 Å². The third-order valence-corrected chi connectivity index (χ3v) is 16.8. The highest BCUT2D eigenvalue weighted by atomic mass is 35.5. The Labute approximate surface area is 356 Å². The van der Waals surface area contributed by atoms with Crippen molar-refractivity contribution in [3.05, 3.63) is 58.8 Å². The smallest absolute Gasteiger partial charge is 0.373 e. The molecule has 10 nitrogen and oxygen atoms in total. The van der Waals surface area contributed by atoms with Gasteiger partial charge in [-0.3, -0.25) is 14.6 Å². The van der Waals surface area contributed by atoms with Crippen LogP contribution in [0.2, 0.25) is 0 Å². The maximum atomic E-state index is 13.3. The van der Waals surface area contributed by atoms with E-state index in [1.807, 2.05) is 11.3 Å². The average molecular weight is 849 g/mol. The number of nitrogens with two attached hydrogens (primary N) is 1. The van der Waals surface area contributed by atoms with Crippen LogP contribution in [0.4, 0.5) is 11.4 Å². The number of anilines is 2. The summed E-state index contributed by atoms with van der Waals surface area (Å²) in [7, 11) is 0. The molecular weight excluding hydrogens is 790 g/mol. The second kappa shape index (κ2) is 18.0. The number of Topliss-reactive ketones (excluding diaryl/α,β-unsaturated/α-hetero) is 1. The molecule has 2 spiro atoms. The van der Waals surface area contributed by atoms with Gasteiger partial charge in [0.05, 0.1) is 52.1 Å². The van der Waals surface area contributed by atoms with Crippen LogP contribution < -0.4 is 15.5 Å². The number of rotatable bonds is 5. The Morgan fingerprint density at radius 1 is 0.707 bits per heavy atom. The number of ether oxygens (including phenoxy) is 2. The molecule has 312 valence electrons. The zero-order valence-corrected chi connectivity index (χ0v) is 35.9. The molecule has 58 heavy (non-hydrogen) atoms. The highest BCUT2D eigenvalue weighted by molar-refractivity contribution is 7.21. The summed E-state index contributed by atoms with van der Waals surface area (Å²) in [4.78, 5) is 40.7. The van der Waals surface area contributed by atoms with E-state index in [4.69, 9.17) is 24.8 Å². The van der Waals surface area contributed by atoms with Gasteiger partial charge >= 0.3 is 6.15 Å². The van der Waals surface area contributed by atoms with Crippen LogP contribution in [0.1, 0.15) is 67.5 Å². The molecule has 2 N–H and O–H groups in total. The number of hydrogen-bond donors (Lipinski definition) is 1. The highest BCUT2D eigenvalue weighted by Gasteiger charge is 2.60. The Hall–Kier alpha value is -2.90. The summed E-state index contributed by atoms with van der Waals surface area (Å²) in [5.41, 5.74) is 9.77. The minimum absolute atomic E-state index is 0. The van der Waals surface area contributed by atoms with Gasteiger partial charge in [-0.25, -0.2) is 0 Å². The fourth-order valence-electron chi connectivity index (χ4n) is 11.3. The van der Waals surface area contributed by atoms with Gasteiger partial charge in [-0.2, -0.15) is 9.59 Å². The van der Waals surface area contributed by atoms with E-state index in [0.29, 0.717) is 28.8 Å². The molecule has 2 saturated carbocycles. The van der Waals surface area contributed by atoms with Crippen molar-refractivity contribution in [2.75, 3.05) is 88.6 Å². The molecule has 0 amide bonds. The molecule has 2 aromatic heterocycles. The van der Waals surface area contributed by atoms with E-state index in [9.17, 15) is 4.79 Å². The fourth-order valence-corrected chi connectivity index (χ4v) is 13.4. The third kappa shape index (κ3) is 8.14. The quantitative estimate of drug-likeness (QED) is 0.205. The first-order chi connectivity index (χ1) is 27.9. The number of morpholine rings is 2. The van der Waals surface area contributed by atoms with E-state index < -0.39 is 0 Å². The summed E-state index contributed by atoms with van der Waals surface area (Å²) >= 11 is 3.53. The Morgan fingerprint density at radius 3 is 1.76 bits per heavy atom. The molecule has 2 aromatic carbocycles. The van der Waals surface area contributed by atoms with Crippen LogP contribution in [0.15, 0.2) is 53.9 Å². The van der Waals surface area contributed by atoms with Gasteiger partial charge in [-0.1, -0.05) is 24.3 Å². The minimum Gasteiger partial charge on any atom is -0.378 e. The van der Waals surface area contributed by atoms with E-state index in [1.165, 1.54) is 109 Å². The van der Waals surface area contributed by atoms with Crippen molar-refractivity contribution in [2.45, 2.75) is 74.9 Å². The predicted octanol–water partition coefficient (Wildman–Crippen LogP) is 7.33. The van der Waals surface area contributed by atoms with Gasteiger partial charge in [-0.15, -0.1) is 35.1 Å². The molecule has 13 heteroatoms. The van der Waals surface area contributed by atoms with E-state index in [2.05, 4.69) is 73.5 Å². The molecule has 8 aliphatic heterocycles. The lowest BCUT2D eigenvalue weighted by Crippen LogP contribution is -2.63. The molecule has 2 aliphatic carbocycles. The van der Waals surface area contributed by atoms with Crippen molar-refractivity contribution >= 4 is 78.6 Å². The van der Waals surface area contributed by atoms with Gasteiger partial charge in [0, 0.05) is 49.7 Å². The van der Waals surface area contributed by atoms with Gasteiger partial charge in [0.25, 0.3) is 0 Å². The van der Waals surface area contributed by atoms with Crippen molar-refractivity contribution in [3.63, 3.8) is 0 Å². The second-order valence-electron chi connectivity index (χ2n) is 17.3. The Bertz CT molecular complexity index is 2050. The number of hydrogen-bond acceptors (Lipinski definition) is 12. The number of benzene rings is 2. The first-order valence-electron chi connectivity index (χ1n) is 21.4. The predicted molar refractivity (Wildman–Crippen MR) is 235 cm³/mol. The summed E-state index contributed by atoms with van der Waals surface area (Å²) < 4.78 is 13.6. The number of carbonyl (C=O) groups is 1. The molecule has 8 saturated heterocycles. The number of thiophene rings is 2. The fraction of sp³-hybridized carbons (Fsp3) is 0.600. The monoisotopic (exact) mass is 847 g/mol. The molecule has 14 rings (SSSR count). The SMILES string of the molecule is Cl.N[C@@H]1C2CCN(CC2)C12CC2.O=C(C[C@@H]1C2CCN(CC2)C12CC2)c1cc2cccc(N3CCOCC3)c2s1.O=C=O.c1cc(N2CCOCC2)c2sccc2c1. The van der Waals surface area contributed by atoms with Crippen molar-refractivity contribution < 1.29 is 23.9 Å². The molecule has 10 heterocycles. The summed E-state index contributed by atoms with van der Waals surface area (Å²) in [5, 5.41) is 4.73. The van der Waals surface area contributed by atoms with Crippen LogP contribution in [0.25, 0.3) is 20.2 Å². The van der Waals surface area contributed by atoms with Crippen LogP contribution in [0, 0.1) is 17.8 Å². The number of fused-ring (bicyclic) bond motifs is 6. The molecule has 4 bridgehead atoms. The zero-order valence-electron chi connectivity index (χ0n) is 33.5. The summed E-state index contributed by atoms with van der Waals surface area (Å²) in [6.07, 6.45) is 11.7. The largest absolute Gasteiger partial charge is 0.378 e. The van der Waals surface area contributed by atoms with Crippen molar-refractivity contribution in [3.8, 4) is 0 Å². The molecule has 0 unspecified atom stereocenters. The standard InChI is InChI=1S/C23H28N2O2S.C12H13NOS.C9H16N2.CO2.ClH/c26-20(15-18-16-4-8-25(9-5-16)23(18)6-7-23)21-14-17-2-1-3-19(22(17)28-21)24-10-12-27-13-11-24;1-2-10-4-9-15-12(10)11(3-1)13-5-7-14-8-6-13;10-8-7-1-5-11(6-2-7)9(8)3-4-9;2-1-3;/h1-3,14,16,18H,4-13,15H2;1-4,9H,5-8H2;7-8H,1-6,10H2;;1H/t18-;;8-;;/m1.1../s1. The molecular formula is C45H58ClN5O5S2. The van der Waals surface area contributed by atoms with Gasteiger partial charge < -0.3 is 25.0 Å². The minimum atomic E-state index is 0. The highest BCUT2D eigenvalue weighted by Crippen LogP contribution is 2.59. The van der Waals surface area contributed by atoms with E-state index >= 15 is 0 Å². The normalized spacial score (nSPS) is 29.3. The maximum Gasteiger partial charge on any atom is 0.373 e. The van der Waals surface area contributed by atoms with Crippen LogP contribution in [-0.2, 0) is 19.1 Å². The second-order valence-corrected chi connectivity index (χ2v) is 19.3. The number of halogens is 1. The summed E-state index contributed by atoms with van der Waals surface area (Å²) in [5.74, 6) is 2.60. The van der Waals surface area contributed by atoms with Gasteiger partial charge in [0.1, 0.15) is 0 Å². The molecule has 10 aliphatic rings. The Balaban J connectivity index is 0.000000131. The van der Waals surface area contributed by atoms with E-state index in [1.54, 1.807) is 11.3 Å². The first-order valence-corrected chi connectivity index (χ1v) is 23.1. The van der Waals surface area contributed by atoms with Crippen LogP contribution in [0.3, 0.4) is 0 Å². The van der Waals surface area contributed by atoms with Gasteiger partial charge in [-0.05, 0) is 136 Å². The van der Waals surface area contributed by atoms with Crippen molar-refractivity contribution in [1.29, 1.82) is 0 Å². The number of piperidine rings is 6. The Kier molecular flexibility index (Phi) is 13.0. The summed E-state index contributed by atoms with van der Waals surface area (Å²) in [6, 6.07) is 17.9. The number of ketones is 1. The zero-order chi connectivity index (χ0) is 39.0. The lowest BCUT2D eigenvalue weighted by atomic mass is 9.70. The number of carbonyl (C=O) groups excluding carboxylic acids is 3. The lowest BCUT2D eigenvalue weighted by Gasteiger charge is -2.52. The van der Waals surface area contributed by atoms with Crippen molar-refractivity contribution in [2.24, 2.45) is 23.5 Å². The topological polar surface area (TPSA) is 109 Å². The maximum absolute atomic E-state index is 13.3. The summed E-state index contributed by atoms with van der Waals surface area (Å²) in [6.45, 7) is 12.4. The van der Waals surface area contributed by atoms with E-state index in [0.717, 1.165) is 75.7 Å². The van der Waals surface area contributed by atoms with Gasteiger partial charge in [0.2, 0.25) is 0 Å². The first kappa shape index (κ1) is 41.8. The molecule has 0 radical (unpaired) electrons. The van der Waals surface area contributed by atoms with Crippen LogP contribution in [-0.4, -0.2) is 118 Å². The third-order valence-electron chi connectivity index (χ3n) is 14.6. The van der Waals surface area contributed by atoms with Gasteiger partial charge in [0.15, 0.2) is 5.78 Å². The molecule has 2 atom stereocenters. The lowest BCUT2D eigenvalue weighted by molar-refractivity contribution is -0.191. The molecule has 4 aromatic rings. The average Bonchev–Trinajstić information content (AvgIpc) is 4.13. The Morgan fingerprint density at radius 2 is 1.22 bits per heavy atom. The number of nitrogens with zero attached hydrogens (tertiary/aromatic N) is 4. The molecule has 10 fully saturated rings.